The van der Waals surface area contributed by atoms with Crippen LogP contribution in [-0.4, -0.2) is 51.4 Å². The Bertz CT molecular complexity index is 1030. The number of amides is 1. The Balaban J connectivity index is 1.55. The zero-order valence-corrected chi connectivity index (χ0v) is 19.1. The van der Waals surface area contributed by atoms with Crippen LogP contribution in [-0.2, 0) is 19.6 Å². The van der Waals surface area contributed by atoms with Crippen LogP contribution in [0.15, 0.2) is 53.4 Å². The lowest BCUT2D eigenvalue weighted by Gasteiger charge is -2.30. The van der Waals surface area contributed by atoms with Gasteiger partial charge in [0.1, 0.15) is 5.75 Å². The zero-order valence-electron chi connectivity index (χ0n) is 18.2. The molecule has 172 valence electrons. The molecule has 2 aromatic carbocycles. The monoisotopic (exact) mass is 460 g/mol. The molecule has 0 radical (unpaired) electrons. The van der Waals surface area contributed by atoms with Gasteiger partial charge in [0, 0.05) is 18.8 Å². The van der Waals surface area contributed by atoms with E-state index in [0.717, 1.165) is 32.1 Å². The van der Waals surface area contributed by atoms with Crippen LogP contribution >= 0.6 is 0 Å². The van der Waals surface area contributed by atoms with Crippen molar-refractivity contribution in [3.05, 3.63) is 54.1 Å². The van der Waals surface area contributed by atoms with Gasteiger partial charge in [-0.2, -0.15) is 4.31 Å². The van der Waals surface area contributed by atoms with Crippen molar-refractivity contribution < 1.29 is 27.5 Å². The summed E-state index contributed by atoms with van der Waals surface area (Å²) in [6.45, 7) is -0.463. The highest BCUT2D eigenvalue weighted by molar-refractivity contribution is 7.89. The van der Waals surface area contributed by atoms with Crippen molar-refractivity contribution in [2.75, 3.05) is 26.1 Å². The summed E-state index contributed by atoms with van der Waals surface area (Å²) in [5.41, 5.74) is 0.713. The van der Waals surface area contributed by atoms with Crippen LogP contribution in [0.4, 0.5) is 5.69 Å². The molecule has 32 heavy (non-hydrogen) atoms. The van der Waals surface area contributed by atoms with E-state index in [0.29, 0.717) is 11.4 Å². The molecule has 1 fully saturated rings. The van der Waals surface area contributed by atoms with Crippen LogP contribution in [0.5, 0.6) is 5.75 Å². The molecule has 0 spiro atoms. The van der Waals surface area contributed by atoms with E-state index in [2.05, 4.69) is 5.32 Å². The average Bonchev–Trinajstić information content (AvgIpc) is 2.83. The maximum atomic E-state index is 12.9. The van der Waals surface area contributed by atoms with E-state index in [1.807, 2.05) is 0 Å². The molecule has 0 heterocycles. The maximum Gasteiger partial charge on any atom is 0.338 e. The number of hydrogen-bond acceptors (Lipinski definition) is 6. The smallest absolute Gasteiger partial charge is 0.338 e. The largest absolute Gasteiger partial charge is 0.497 e. The highest BCUT2D eigenvalue weighted by Crippen LogP contribution is 2.26. The van der Waals surface area contributed by atoms with E-state index in [4.69, 9.17) is 9.47 Å². The summed E-state index contributed by atoms with van der Waals surface area (Å²) in [6, 6.07) is 12.3. The molecule has 1 amide bonds. The topological polar surface area (TPSA) is 102 Å². The third-order valence-corrected chi connectivity index (χ3v) is 7.49. The van der Waals surface area contributed by atoms with E-state index in [-0.39, 0.29) is 16.5 Å². The molecule has 0 aliphatic heterocycles. The fourth-order valence-corrected chi connectivity index (χ4v) is 5.07. The molecule has 0 saturated heterocycles. The molecule has 9 heteroatoms. The third-order valence-electron chi connectivity index (χ3n) is 5.56. The Morgan fingerprint density at radius 2 is 1.62 bits per heavy atom. The van der Waals surface area contributed by atoms with Crippen molar-refractivity contribution in [1.82, 2.24) is 4.31 Å². The fraction of sp³-hybridized carbons (Fsp3) is 0.391. The predicted molar refractivity (Wildman–Crippen MR) is 120 cm³/mol. The van der Waals surface area contributed by atoms with Gasteiger partial charge in [-0.15, -0.1) is 0 Å². The van der Waals surface area contributed by atoms with E-state index < -0.39 is 28.5 Å². The zero-order chi connectivity index (χ0) is 23.1. The Hall–Kier alpha value is -2.91. The normalized spacial score (nSPS) is 14.7. The fourth-order valence-electron chi connectivity index (χ4n) is 3.66. The molecule has 0 atom stereocenters. The second-order valence-electron chi connectivity index (χ2n) is 7.69. The highest BCUT2D eigenvalue weighted by Gasteiger charge is 2.29. The van der Waals surface area contributed by atoms with Gasteiger partial charge < -0.3 is 14.8 Å². The molecule has 8 nitrogen and oxygen atoms in total. The first-order chi connectivity index (χ1) is 15.3. The van der Waals surface area contributed by atoms with E-state index in [9.17, 15) is 18.0 Å². The summed E-state index contributed by atoms with van der Waals surface area (Å²) < 4.78 is 37.3. The number of benzene rings is 2. The number of methoxy groups -OCH3 is 1. The standard InChI is InChI=1S/C23H28N2O6S/c1-25(19-6-4-3-5-7-19)32(28,29)21-14-8-17(9-15-21)23(27)31-16-22(26)24-18-10-12-20(30-2)13-11-18/h8-15,19H,3-7,16H2,1-2H3,(H,24,26). The number of anilines is 1. The first kappa shape index (κ1) is 23.7. The van der Waals surface area contributed by atoms with Gasteiger partial charge in [-0.1, -0.05) is 19.3 Å². The van der Waals surface area contributed by atoms with Crippen molar-refractivity contribution in [3.63, 3.8) is 0 Å². The van der Waals surface area contributed by atoms with E-state index >= 15 is 0 Å². The van der Waals surface area contributed by atoms with E-state index in [1.54, 1.807) is 38.4 Å². The van der Waals surface area contributed by atoms with Gasteiger partial charge in [0.15, 0.2) is 6.61 Å². The van der Waals surface area contributed by atoms with Crippen molar-refractivity contribution in [2.45, 2.75) is 43.0 Å². The summed E-state index contributed by atoms with van der Waals surface area (Å²) in [7, 11) is -0.487. The summed E-state index contributed by atoms with van der Waals surface area (Å²) in [4.78, 5) is 24.4. The molecular weight excluding hydrogens is 432 g/mol. The Kier molecular flexibility index (Phi) is 7.87. The van der Waals surface area contributed by atoms with Gasteiger partial charge in [0.2, 0.25) is 10.0 Å². The number of carbonyl (C=O) groups excluding carboxylic acids is 2. The van der Waals surface area contributed by atoms with Gasteiger partial charge in [-0.05, 0) is 61.4 Å². The first-order valence-electron chi connectivity index (χ1n) is 10.5. The predicted octanol–water partition coefficient (Wildman–Crippen LogP) is 3.44. The second kappa shape index (κ2) is 10.6. The third kappa shape index (κ3) is 5.86. The number of rotatable bonds is 8. The number of carbonyl (C=O) groups is 2. The molecule has 1 N–H and O–H groups in total. The molecule has 1 aliphatic carbocycles. The van der Waals surface area contributed by atoms with Crippen LogP contribution in [0.2, 0.25) is 0 Å². The van der Waals surface area contributed by atoms with Crippen LogP contribution in [0.25, 0.3) is 0 Å². The summed E-state index contributed by atoms with van der Waals surface area (Å²) in [5, 5.41) is 2.62. The Labute approximate surface area is 188 Å². The van der Waals surface area contributed by atoms with Crippen molar-refractivity contribution in [2.24, 2.45) is 0 Å². The second-order valence-corrected chi connectivity index (χ2v) is 9.69. The summed E-state index contributed by atoms with van der Waals surface area (Å²) in [5.74, 6) is -0.541. The number of hydrogen-bond donors (Lipinski definition) is 1. The minimum atomic E-state index is -3.64. The molecule has 0 unspecified atom stereocenters. The molecule has 2 aromatic rings. The average molecular weight is 461 g/mol. The van der Waals surface area contributed by atoms with Crippen molar-refractivity contribution in [3.8, 4) is 5.75 Å². The van der Waals surface area contributed by atoms with Crippen molar-refractivity contribution >= 4 is 27.6 Å². The van der Waals surface area contributed by atoms with Gasteiger partial charge in [0.25, 0.3) is 5.91 Å². The molecule has 1 aliphatic rings. The minimum Gasteiger partial charge on any atom is -0.497 e. The SMILES string of the molecule is COc1ccc(NC(=O)COC(=O)c2ccc(S(=O)(=O)N(C)C3CCCCC3)cc2)cc1. The first-order valence-corrected chi connectivity index (χ1v) is 11.9. The Morgan fingerprint density at radius 1 is 1.00 bits per heavy atom. The lowest BCUT2D eigenvalue weighted by atomic mass is 9.96. The quantitative estimate of drug-likeness (QED) is 0.606. The lowest BCUT2D eigenvalue weighted by molar-refractivity contribution is -0.119. The van der Waals surface area contributed by atoms with E-state index in [1.165, 1.54) is 28.6 Å². The van der Waals surface area contributed by atoms with Gasteiger partial charge in [0.05, 0.1) is 17.6 Å². The molecule has 1 saturated carbocycles. The minimum absolute atomic E-state index is 0.00241. The summed E-state index contributed by atoms with van der Waals surface area (Å²) >= 11 is 0. The highest BCUT2D eigenvalue weighted by atomic mass is 32.2. The lowest BCUT2D eigenvalue weighted by Crippen LogP contribution is -2.38. The van der Waals surface area contributed by atoms with Crippen LogP contribution < -0.4 is 10.1 Å². The number of nitrogens with zero attached hydrogens (tertiary/aromatic N) is 1. The van der Waals surface area contributed by atoms with Gasteiger partial charge >= 0.3 is 5.97 Å². The number of esters is 1. The van der Waals surface area contributed by atoms with Crippen molar-refractivity contribution in [1.29, 1.82) is 0 Å². The maximum absolute atomic E-state index is 12.9. The molecular formula is C23H28N2O6S. The molecule has 0 aromatic heterocycles. The number of sulfonamides is 1. The molecule has 3 rings (SSSR count). The molecule has 0 bridgehead atoms. The van der Waals surface area contributed by atoms with Crippen LogP contribution in [0.3, 0.4) is 0 Å². The summed E-state index contributed by atoms with van der Waals surface area (Å²) in [6.07, 6.45) is 4.92. The van der Waals surface area contributed by atoms with Crippen LogP contribution in [0.1, 0.15) is 42.5 Å². The number of ether oxygens (including phenoxy) is 2. The van der Waals surface area contributed by atoms with Gasteiger partial charge in [-0.25, -0.2) is 13.2 Å². The van der Waals surface area contributed by atoms with Gasteiger partial charge in [-0.3, -0.25) is 4.79 Å². The number of nitrogens with one attached hydrogen (secondary N) is 1. The Morgan fingerprint density at radius 3 is 2.22 bits per heavy atom. The van der Waals surface area contributed by atoms with Crippen LogP contribution in [0, 0.1) is 0 Å².